The number of aryl methyl sites for hydroxylation is 1. The topological polar surface area (TPSA) is 99.9 Å². The van der Waals surface area contributed by atoms with Crippen molar-refractivity contribution >= 4 is 17.6 Å². The number of halogens is 1. The summed E-state index contributed by atoms with van der Waals surface area (Å²) in [4.78, 5) is 29.2. The number of ether oxygens (including phenoxy) is 3. The molecule has 1 amide bonds. The fourth-order valence-corrected chi connectivity index (χ4v) is 3.27. The molecule has 0 atom stereocenters. The van der Waals surface area contributed by atoms with Gasteiger partial charge in [-0.2, -0.15) is 0 Å². The van der Waals surface area contributed by atoms with Crippen LogP contribution in [0.2, 0.25) is 0 Å². The highest BCUT2D eigenvalue weighted by Gasteiger charge is 2.17. The molecular weight excluding hydrogens is 467 g/mol. The molecule has 9 heteroatoms. The van der Waals surface area contributed by atoms with Crippen molar-refractivity contribution in [2.75, 3.05) is 19.0 Å². The molecule has 0 bridgehead atoms. The molecule has 184 valence electrons. The number of esters is 1. The summed E-state index contributed by atoms with van der Waals surface area (Å²) in [6.45, 7) is 1.38. The van der Waals surface area contributed by atoms with Crippen molar-refractivity contribution in [1.82, 2.24) is 4.98 Å². The Morgan fingerprint density at radius 3 is 2.47 bits per heavy atom. The van der Waals surface area contributed by atoms with Crippen molar-refractivity contribution < 1.29 is 32.6 Å². The second-order valence-electron chi connectivity index (χ2n) is 7.67. The van der Waals surface area contributed by atoms with E-state index in [1.54, 1.807) is 6.92 Å². The van der Waals surface area contributed by atoms with Crippen molar-refractivity contribution in [3.05, 3.63) is 95.6 Å². The molecule has 0 unspecified atom stereocenters. The van der Waals surface area contributed by atoms with Crippen LogP contribution in [0.1, 0.15) is 21.8 Å². The first-order chi connectivity index (χ1) is 17.4. The molecule has 0 saturated carbocycles. The first kappa shape index (κ1) is 24.5. The predicted octanol–water partition coefficient (Wildman–Crippen LogP) is 5.17. The van der Waals surface area contributed by atoms with E-state index >= 15 is 0 Å². The predicted molar refractivity (Wildman–Crippen MR) is 129 cm³/mol. The smallest absolute Gasteiger partial charge is 0.338 e. The van der Waals surface area contributed by atoms with E-state index < -0.39 is 17.7 Å². The van der Waals surface area contributed by atoms with Gasteiger partial charge in [-0.15, -0.1) is 0 Å². The van der Waals surface area contributed by atoms with Gasteiger partial charge in [0.2, 0.25) is 5.89 Å². The first-order valence-electron chi connectivity index (χ1n) is 11.0. The summed E-state index contributed by atoms with van der Waals surface area (Å²) in [5, 5.41) is 2.60. The largest absolute Gasteiger partial charge is 0.493 e. The van der Waals surface area contributed by atoms with Crippen LogP contribution >= 0.6 is 0 Å². The monoisotopic (exact) mass is 490 g/mol. The molecule has 0 aliphatic rings. The fraction of sp³-hybridized carbons (Fsp3) is 0.148. The quantitative estimate of drug-likeness (QED) is 0.323. The number of amides is 1. The lowest BCUT2D eigenvalue weighted by Crippen LogP contribution is -2.20. The van der Waals surface area contributed by atoms with Crippen molar-refractivity contribution in [3.63, 3.8) is 0 Å². The van der Waals surface area contributed by atoms with E-state index in [0.29, 0.717) is 23.0 Å². The Labute approximate surface area is 206 Å². The highest BCUT2D eigenvalue weighted by molar-refractivity contribution is 5.92. The van der Waals surface area contributed by atoms with E-state index in [0.717, 1.165) is 5.56 Å². The van der Waals surface area contributed by atoms with E-state index in [1.165, 1.54) is 49.6 Å². The molecule has 0 aliphatic carbocycles. The van der Waals surface area contributed by atoms with Gasteiger partial charge >= 0.3 is 5.97 Å². The average Bonchev–Trinajstić information content (AvgIpc) is 3.28. The maximum Gasteiger partial charge on any atom is 0.338 e. The van der Waals surface area contributed by atoms with Gasteiger partial charge in [0.05, 0.1) is 12.7 Å². The van der Waals surface area contributed by atoms with Gasteiger partial charge in [0.25, 0.3) is 5.91 Å². The van der Waals surface area contributed by atoms with Gasteiger partial charge < -0.3 is 23.9 Å². The molecule has 4 aromatic rings. The summed E-state index contributed by atoms with van der Waals surface area (Å²) < 4.78 is 34.9. The van der Waals surface area contributed by atoms with Gasteiger partial charge in [-0.25, -0.2) is 14.2 Å². The van der Waals surface area contributed by atoms with E-state index in [4.69, 9.17) is 18.6 Å². The van der Waals surface area contributed by atoms with Crippen molar-refractivity contribution in [1.29, 1.82) is 0 Å². The van der Waals surface area contributed by atoms with Crippen LogP contribution in [-0.2, 0) is 16.1 Å². The van der Waals surface area contributed by atoms with E-state index in [9.17, 15) is 14.0 Å². The molecule has 8 nitrogen and oxygen atoms in total. The number of rotatable bonds is 9. The third-order valence-corrected chi connectivity index (χ3v) is 5.14. The van der Waals surface area contributed by atoms with Gasteiger partial charge in [0.1, 0.15) is 23.9 Å². The van der Waals surface area contributed by atoms with Crippen LogP contribution in [0.4, 0.5) is 10.1 Å². The summed E-state index contributed by atoms with van der Waals surface area (Å²) in [5.41, 5.74) is 2.01. The number of carbonyl (C=O) groups is 2. The Morgan fingerprint density at radius 1 is 1.00 bits per heavy atom. The number of oxazole rings is 1. The molecule has 0 aliphatic heterocycles. The third-order valence-electron chi connectivity index (χ3n) is 5.14. The molecule has 0 radical (unpaired) electrons. The normalized spacial score (nSPS) is 10.5. The Bertz CT molecular complexity index is 1350. The number of methoxy groups -OCH3 is 1. The summed E-state index contributed by atoms with van der Waals surface area (Å²) in [5.74, 6) is 0.0992. The zero-order valence-corrected chi connectivity index (χ0v) is 19.6. The van der Waals surface area contributed by atoms with Crippen molar-refractivity contribution in [2.24, 2.45) is 0 Å². The van der Waals surface area contributed by atoms with Crippen LogP contribution in [-0.4, -0.2) is 30.6 Å². The summed E-state index contributed by atoms with van der Waals surface area (Å²) >= 11 is 0. The standard InChI is InChI=1S/C27H23FN2O6/c1-17-22(30-26(36-17)18-6-4-3-5-7-18)15-35-27(32)19-8-13-23(24(14-19)33-2)34-16-25(31)29-21-11-9-20(28)10-12-21/h3-14H,15-16H2,1-2H3,(H,29,31). The van der Waals surface area contributed by atoms with Crippen molar-refractivity contribution in [2.45, 2.75) is 13.5 Å². The summed E-state index contributed by atoms with van der Waals surface area (Å²) in [6.07, 6.45) is 0. The van der Waals surface area contributed by atoms with Crippen molar-refractivity contribution in [3.8, 4) is 23.0 Å². The second kappa shape index (κ2) is 11.2. The molecular formula is C27H23FN2O6. The number of aromatic nitrogens is 1. The van der Waals surface area contributed by atoms with Gasteiger partial charge in [-0.3, -0.25) is 4.79 Å². The minimum absolute atomic E-state index is 0.0644. The minimum atomic E-state index is -0.586. The molecule has 36 heavy (non-hydrogen) atoms. The van der Waals surface area contributed by atoms with Crippen LogP contribution in [0.3, 0.4) is 0 Å². The Balaban J connectivity index is 1.35. The number of benzene rings is 3. The number of nitrogens with zero attached hydrogens (tertiary/aromatic N) is 1. The average molecular weight is 490 g/mol. The minimum Gasteiger partial charge on any atom is -0.493 e. The van der Waals surface area contributed by atoms with E-state index in [1.807, 2.05) is 30.3 Å². The lowest BCUT2D eigenvalue weighted by Gasteiger charge is -2.12. The highest BCUT2D eigenvalue weighted by atomic mass is 19.1. The van der Waals surface area contributed by atoms with E-state index in [2.05, 4.69) is 10.3 Å². The lowest BCUT2D eigenvalue weighted by atomic mass is 10.2. The number of nitrogens with one attached hydrogen (secondary N) is 1. The zero-order valence-electron chi connectivity index (χ0n) is 19.6. The molecule has 1 heterocycles. The summed E-state index contributed by atoms with van der Waals surface area (Å²) in [7, 11) is 1.42. The Morgan fingerprint density at radius 2 is 1.75 bits per heavy atom. The van der Waals surface area contributed by atoms with E-state index in [-0.39, 0.29) is 30.3 Å². The number of hydrogen-bond acceptors (Lipinski definition) is 7. The zero-order chi connectivity index (χ0) is 25.5. The molecule has 0 spiro atoms. The second-order valence-corrected chi connectivity index (χ2v) is 7.67. The van der Waals surface area contributed by atoms with Gasteiger partial charge in [0.15, 0.2) is 18.1 Å². The Kier molecular flexibility index (Phi) is 7.60. The molecule has 1 N–H and O–H groups in total. The van der Waals surface area contributed by atoms with Crippen LogP contribution in [0, 0.1) is 12.7 Å². The lowest BCUT2D eigenvalue weighted by molar-refractivity contribution is -0.118. The molecule has 0 saturated heterocycles. The van der Waals surface area contributed by atoms with Crippen LogP contribution in [0.5, 0.6) is 11.5 Å². The fourth-order valence-electron chi connectivity index (χ4n) is 3.27. The third kappa shape index (κ3) is 6.06. The number of hydrogen-bond donors (Lipinski definition) is 1. The number of carbonyl (C=O) groups excluding carboxylic acids is 2. The molecule has 1 aromatic heterocycles. The van der Waals surface area contributed by atoms with Gasteiger partial charge in [0, 0.05) is 11.3 Å². The van der Waals surface area contributed by atoms with Crippen LogP contribution in [0.15, 0.2) is 77.2 Å². The first-order valence-corrected chi connectivity index (χ1v) is 11.0. The van der Waals surface area contributed by atoms with Crippen LogP contribution in [0.25, 0.3) is 11.5 Å². The number of anilines is 1. The van der Waals surface area contributed by atoms with Crippen LogP contribution < -0.4 is 14.8 Å². The Hall–Kier alpha value is -4.66. The van der Waals surface area contributed by atoms with Gasteiger partial charge in [-0.1, -0.05) is 18.2 Å². The maximum atomic E-state index is 13.0. The molecule has 4 rings (SSSR count). The molecule has 3 aromatic carbocycles. The summed E-state index contributed by atoms with van der Waals surface area (Å²) in [6, 6.07) is 19.3. The SMILES string of the molecule is COc1cc(C(=O)OCc2nc(-c3ccccc3)oc2C)ccc1OCC(=O)Nc1ccc(F)cc1. The highest BCUT2D eigenvalue weighted by Crippen LogP contribution is 2.29. The van der Waals surface area contributed by atoms with Gasteiger partial charge in [-0.05, 0) is 61.5 Å². The molecule has 0 fully saturated rings. The maximum absolute atomic E-state index is 13.0.